The summed E-state index contributed by atoms with van der Waals surface area (Å²) in [6.45, 7) is 4.38. The van der Waals surface area contributed by atoms with Gasteiger partial charge in [-0.25, -0.2) is 4.98 Å². The van der Waals surface area contributed by atoms with Crippen molar-refractivity contribution >= 4 is 0 Å². The number of benzene rings is 1. The molecule has 0 fully saturated rings. The Morgan fingerprint density at radius 1 is 1.25 bits per heavy atom. The molecule has 0 aliphatic carbocycles. The number of nitrogens with zero attached hydrogens (tertiary/aromatic N) is 2. The van der Waals surface area contributed by atoms with Gasteiger partial charge in [-0.1, -0.05) is 37.3 Å². The number of rotatable bonds is 9. The Labute approximate surface area is 122 Å². The quantitative estimate of drug-likeness (QED) is 0.709. The minimum atomic E-state index is 0.623. The lowest BCUT2D eigenvalue weighted by molar-refractivity contribution is 0.452. The number of aromatic nitrogens is 2. The van der Waals surface area contributed by atoms with E-state index < -0.39 is 0 Å². The average Bonchev–Trinajstić information content (AvgIpc) is 3.01. The molecule has 0 aliphatic heterocycles. The maximum absolute atomic E-state index is 4.06. The minimum absolute atomic E-state index is 0.623. The van der Waals surface area contributed by atoms with E-state index in [0.29, 0.717) is 6.04 Å². The Balaban J connectivity index is 1.62. The normalized spacial score (nSPS) is 12.4. The summed E-state index contributed by atoms with van der Waals surface area (Å²) in [5.74, 6) is 0. The number of aryl methyl sites for hydroxylation is 2. The fourth-order valence-corrected chi connectivity index (χ4v) is 2.42. The van der Waals surface area contributed by atoms with E-state index in [2.05, 4.69) is 52.1 Å². The fourth-order valence-electron chi connectivity index (χ4n) is 2.42. The van der Waals surface area contributed by atoms with Gasteiger partial charge in [0.1, 0.15) is 0 Å². The van der Waals surface area contributed by atoms with Gasteiger partial charge in [0.15, 0.2) is 0 Å². The van der Waals surface area contributed by atoms with E-state index in [4.69, 9.17) is 0 Å². The van der Waals surface area contributed by atoms with Gasteiger partial charge in [-0.2, -0.15) is 0 Å². The first kappa shape index (κ1) is 14.8. The van der Waals surface area contributed by atoms with Crippen LogP contribution in [-0.4, -0.2) is 22.1 Å². The lowest BCUT2D eigenvalue weighted by Gasteiger charge is -2.17. The van der Waals surface area contributed by atoms with Crippen LogP contribution in [0.1, 0.15) is 31.7 Å². The molecule has 20 heavy (non-hydrogen) atoms. The molecule has 2 aromatic rings. The summed E-state index contributed by atoms with van der Waals surface area (Å²) < 4.78 is 2.13. The largest absolute Gasteiger partial charge is 0.337 e. The topological polar surface area (TPSA) is 29.9 Å². The van der Waals surface area contributed by atoms with E-state index in [9.17, 15) is 0 Å². The fraction of sp³-hybridized carbons (Fsp3) is 0.471. The molecule has 0 radical (unpaired) electrons. The Hall–Kier alpha value is -1.61. The number of hydrogen-bond acceptors (Lipinski definition) is 2. The lowest BCUT2D eigenvalue weighted by atomic mass is 10.0. The van der Waals surface area contributed by atoms with E-state index in [1.54, 1.807) is 0 Å². The van der Waals surface area contributed by atoms with E-state index in [-0.39, 0.29) is 0 Å². The molecule has 108 valence electrons. The van der Waals surface area contributed by atoms with Crippen LogP contribution in [0.15, 0.2) is 49.1 Å². The molecule has 1 atom stereocenters. The van der Waals surface area contributed by atoms with Crippen molar-refractivity contribution in [1.29, 1.82) is 0 Å². The van der Waals surface area contributed by atoms with Gasteiger partial charge in [0.05, 0.1) is 6.33 Å². The van der Waals surface area contributed by atoms with Crippen LogP contribution in [0.5, 0.6) is 0 Å². The zero-order chi connectivity index (χ0) is 14.0. The molecule has 1 unspecified atom stereocenters. The SMILES string of the molecule is CCC(CCc1ccccc1)NCCCn1ccnc1. The number of nitrogens with one attached hydrogen (secondary N) is 1. The first-order chi connectivity index (χ1) is 9.88. The van der Waals surface area contributed by atoms with Crippen LogP contribution in [0.2, 0.25) is 0 Å². The first-order valence-electron chi connectivity index (χ1n) is 7.61. The predicted octanol–water partition coefficient (Wildman–Crippen LogP) is 3.27. The molecule has 0 spiro atoms. The highest BCUT2D eigenvalue weighted by atomic mass is 15.0. The molecule has 3 nitrogen and oxygen atoms in total. The van der Waals surface area contributed by atoms with Crippen molar-refractivity contribution in [1.82, 2.24) is 14.9 Å². The van der Waals surface area contributed by atoms with Crippen molar-refractivity contribution in [2.45, 2.75) is 45.2 Å². The standard InChI is InChI=1S/C17H25N3/c1-2-17(10-9-16-7-4-3-5-8-16)19-11-6-13-20-14-12-18-15-20/h3-5,7-8,12,14-15,17,19H,2,6,9-11,13H2,1H3. The first-order valence-corrected chi connectivity index (χ1v) is 7.61. The molecule has 1 heterocycles. The molecular formula is C17H25N3. The molecule has 1 N–H and O–H groups in total. The summed E-state index contributed by atoms with van der Waals surface area (Å²) >= 11 is 0. The van der Waals surface area contributed by atoms with Gasteiger partial charge < -0.3 is 9.88 Å². The van der Waals surface area contributed by atoms with Crippen LogP contribution < -0.4 is 5.32 Å². The molecule has 0 aliphatic rings. The van der Waals surface area contributed by atoms with Gasteiger partial charge in [-0.05, 0) is 37.8 Å². The second-order valence-electron chi connectivity index (χ2n) is 5.24. The van der Waals surface area contributed by atoms with Crippen molar-refractivity contribution in [3.05, 3.63) is 54.6 Å². The molecule has 0 amide bonds. The third kappa shape index (κ3) is 5.17. The summed E-state index contributed by atoms with van der Waals surface area (Å²) in [4.78, 5) is 4.06. The minimum Gasteiger partial charge on any atom is -0.337 e. The summed E-state index contributed by atoms with van der Waals surface area (Å²) in [6, 6.07) is 11.4. The van der Waals surface area contributed by atoms with Gasteiger partial charge >= 0.3 is 0 Å². The Kier molecular flexibility index (Phi) is 6.32. The number of imidazole rings is 1. The zero-order valence-electron chi connectivity index (χ0n) is 12.3. The van der Waals surface area contributed by atoms with Crippen molar-refractivity contribution < 1.29 is 0 Å². The Morgan fingerprint density at radius 3 is 2.80 bits per heavy atom. The maximum Gasteiger partial charge on any atom is 0.0945 e. The van der Waals surface area contributed by atoms with Crippen LogP contribution in [0.3, 0.4) is 0 Å². The average molecular weight is 271 g/mol. The zero-order valence-corrected chi connectivity index (χ0v) is 12.3. The molecule has 0 saturated heterocycles. The van der Waals surface area contributed by atoms with Crippen LogP contribution in [0.4, 0.5) is 0 Å². The number of hydrogen-bond donors (Lipinski definition) is 1. The van der Waals surface area contributed by atoms with Gasteiger partial charge in [-0.15, -0.1) is 0 Å². The van der Waals surface area contributed by atoms with Crippen molar-refractivity contribution in [3.8, 4) is 0 Å². The van der Waals surface area contributed by atoms with Crippen molar-refractivity contribution in [2.24, 2.45) is 0 Å². The van der Waals surface area contributed by atoms with Gasteiger partial charge in [-0.3, -0.25) is 0 Å². The molecule has 0 bridgehead atoms. The van der Waals surface area contributed by atoms with Crippen LogP contribution in [-0.2, 0) is 13.0 Å². The van der Waals surface area contributed by atoms with Crippen LogP contribution >= 0.6 is 0 Å². The molecule has 2 rings (SSSR count). The van der Waals surface area contributed by atoms with E-state index >= 15 is 0 Å². The second-order valence-corrected chi connectivity index (χ2v) is 5.24. The molecular weight excluding hydrogens is 246 g/mol. The van der Waals surface area contributed by atoms with Crippen LogP contribution in [0.25, 0.3) is 0 Å². The lowest BCUT2D eigenvalue weighted by Crippen LogP contribution is -2.30. The third-order valence-electron chi connectivity index (χ3n) is 3.70. The second kappa shape index (κ2) is 8.54. The van der Waals surface area contributed by atoms with Crippen molar-refractivity contribution in [3.63, 3.8) is 0 Å². The summed E-state index contributed by atoms with van der Waals surface area (Å²) in [5, 5.41) is 3.67. The summed E-state index contributed by atoms with van der Waals surface area (Å²) in [6.07, 6.45) is 10.5. The highest BCUT2D eigenvalue weighted by molar-refractivity contribution is 5.14. The summed E-state index contributed by atoms with van der Waals surface area (Å²) in [5.41, 5.74) is 1.44. The third-order valence-corrected chi connectivity index (χ3v) is 3.70. The van der Waals surface area contributed by atoms with Gasteiger partial charge in [0.25, 0.3) is 0 Å². The van der Waals surface area contributed by atoms with E-state index in [1.807, 2.05) is 18.7 Å². The highest BCUT2D eigenvalue weighted by Gasteiger charge is 2.05. The molecule has 1 aromatic heterocycles. The van der Waals surface area contributed by atoms with E-state index in [0.717, 1.165) is 25.9 Å². The van der Waals surface area contributed by atoms with Gasteiger partial charge in [0.2, 0.25) is 0 Å². The highest BCUT2D eigenvalue weighted by Crippen LogP contribution is 2.07. The summed E-state index contributed by atoms with van der Waals surface area (Å²) in [7, 11) is 0. The van der Waals surface area contributed by atoms with E-state index in [1.165, 1.54) is 18.4 Å². The Bertz CT molecular complexity index is 450. The molecule has 1 aromatic carbocycles. The Morgan fingerprint density at radius 2 is 2.10 bits per heavy atom. The van der Waals surface area contributed by atoms with Gasteiger partial charge in [0, 0.05) is 25.0 Å². The molecule has 3 heteroatoms. The molecule has 0 saturated carbocycles. The predicted molar refractivity (Wildman–Crippen MR) is 83.7 cm³/mol. The van der Waals surface area contributed by atoms with Crippen LogP contribution in [0, 0.1) is 0 Å². The monoisotopic (exact) mass is 271 g/mol. The maximum atomic E-state index is 4.06. The smallest absolute Gasteiger partial charge is 0.0945 e. The van der Waals surface area contributed by atoms with Crippen molar-refractivity contribution in [2.75, 3.05) is 6.54 Å².